The van der Waals surface area contributed by atoms with Crippen molar-refractivity contribution in [3.8, 4) is 0 Å². The Kier molecular flexibility index (Phi) is 3.87. The fourth-order valence-electron chi connectivity index (χ4n) is 2.66. The van der Waals surface area contributed by atoms with Crippen LogP contribution in [0.5, 0.6) is 0 Å². The lowest BCUT2D eigenvalue weighted by Crippen LogP contribution is -2.21. The van der Waals surface area contributed by atoms with Crippen LogP contribution in [-0.2, 0) is 25.9 Å². The Bertz CT molecular complexity index is 570. The molecule has 0 bridgehead atoms. The van der Waals surface area contributed by atoms with E-state index in [-0.39, 0.29) is 0 Å². The molecule has 1 aliphatic rings. The number of aryl methyl sites for hydroxylation is 1. The highest BCUT2D eigenvalue weighted by molar-refractivity contribution is 5.18. The second-order valence-electron chi connectivity index (χ2n) is 5.79. The van der Waals surface area contributed by atoms with Gasteiger partial charge in [-0.1, -0.05) is 19.0 Å². The molecule has 0 spiro atoms. The number of aromatic nitrogens is 3. The van der Waals surface area contributed by atoms with Gasteiger partial charge in [0.05, 0.1) is 24.3 Å². The molecule has 5 nitrogen and oxygen atoms in total. The van der Waals surface area contributed by atoms with E-state index in [4.69, 9.17) is 4.52 Å². The summed E-state index contributed by atoms with van der Waals surface area (Å²) >= 11 is 0. The number of hydrogen-bond acceptors (Lipinski definition) is 4. The Hall–Kier alpha value is -1.62. The zero-order valence-electron chi connectivity index (χ0n) is 12.2. The van der Waals surface area contributed by atoms with Crippen LogP contribution in [0.2, 0.25) is 0 Å². The Labute approximate surface area is 119 Å². The minimum atomic E-state index is 0.454. The average molecular weight is 274 g/mol. The van der Waals surface area contributed by atoms with Crippen molar-refractivity contribution in [1.29, 1.82) is 0 Å². The van der Waals surface area contributed by atoms with Crippen LogP contribution in [0.25, 0.3) is 0 Å². The maximum absolute atomic E-state index is 5.42. The molecule has 0 fully saturated rings. The maximum atomic E-state index is 5.42. The third-order valence-electron chi connectivity index (χ3n) is 3.74. The van der Waals surface area contributed by atoms with E-state index in [9.17, 15) is 0 Å². The zero-order chi connectivity index (χ0) is 13.9. The van der Waals surface area contributed by atoms with Gasteiger partial charge in [-0.25, -0.2) is 4.98 Å². The van der Waals surface area contributed by atoms with Gasteiger partial charge in [0.15, 0.2) is 5.76 Å². The number of nitrogens with zero attached hydrogens (tertiary/aromatic N) is 3. The van der Waals surface area contributed by atoms with Crippen molar-refractivity contribution in [2.75, 3.05) is 0 Å². The largest absolute Gasteiger partial charge is 0.359 e. The van der Waals surface area contributed by atoms with Crippen molar-refractivity contribution >= 4 is 0 Å². The van der Waals surface area contributed by atoms with Crippen LogP contribution in [-0.4, -0.2) is 20.7 Å². The Morgan fingerprint density at radius 2 is 2.20 bits per heavy atom. The van der Waals surface area contributed by atoms with Gasteiger partial charge < -0.3 is 14.4 Å². The van der Waals surface area contributed by atoms with Gasteiger partial charge in [0.25, 0.3) is 0 Å². The highest BCUT2D eigenvalue weighted by Crippen LogP contribution is 2.20. The summed E-state index contributed by atoms with van der Waals surface area (Å²) in [5, 5.41) is 7.45. The SMILES string of the molecule is CC(C)NCc1cc(Cn2cnc3c2CCCC3)on1. The number of rotatable bonds is 5. The molecule has 0 aliphatic heterocycles. The molecule has 0 amide bonds. The predicted molar refractivity (Wildman–Crippen MR) is 76.4 cm³/mol. The van der Waals surface area contributed by atoms with Crippen molar-refractivity contribution in [3.05, 3.63) is 35.2 Å². The van der Waals surface area contributed by atoms with E-state index in [2.05, 4.69) is 33.9 Å². The molecule has 0 aromatic carbocycles. The molecule has 3 rings (SSSR count). The van der Waals surface area contributed by atoms with Crippen LogP contribution in [0.15, 0.2) is 16.9 Å². The van der Waals surface area contributed by atoms with E-state index in [1.165, 1.54) is 24.2 Å². The van der Waals surface area contributed by atoms with Gasteiger partial charge in [0, 0.05) is 24.3 Å². The lowest BCUT2D eigenvalue weighted by molar-refractivity contribution is 0.366. The lowest BCUT2D eigenvalue weighted by Gasteiger charge is -2.12. The van der Waals surface area contributed by atoms with E-state index < -0.39 is 0 Å². The summed E-state index contributed by atoms with van der Waals surface area (Å²) in [4.78, 5) is 4.51. The van der Waals surface area contributed by atoms with Crippen LogP contribution >= 0.6 is 0 Å². The highest BCUT2D eigenvalue weighted by Gasteiger charge is 2.16. The summed E-state index contributed by atoms with van der Waals surface area (Å²) < 4.78 is 7.63. The Balaban J connectivity index is 1.67. The smallest absolute Gasteiger partial charge is 0.156 e. The number of nitrogens with one attached hydrogen (secondary N) is 1. The third-order valence-corrected chi connectivity index (χ3v) is 3.74. The summed E-state index contributed by atoms with van der Waals surface area (Å²) in [6, 6.07) is 2.49. The van der Waals surface area contributed by atoms with Gasteiger partial charge in [-0.15, -0.1) is 0 Å². The molecular formula is C15H22N4O. The molecule has 1 N–H and O–H groups in total. The summed E-state index contributed by atoms with van der Waals surface area (Å²) in [7, 11) is 0. The number of fused-ring (bicyclic) bond motifs is 1. The Morgan fingerprint density at radius 1 is 1.35 bits per heavy atom. The normalized spacial score (nSPS) is 14.8. The lowest BCUT2D eigenvalue weighted by atomic mass is 10.0. The predicted octanol–water partition coefficient (Wildman–Crippen LogP) is 2.30. The van der Waals surface area contributed by atoms with Gasteiger partial charge in [-0.3, -0.25) is 0 Å². The molecule has 0 saturated heterocycles. The van der Waals surface area contributed by atoms with Gasteiger partial charge in [-0.05, 0) is 25.7 Å². The van der Waals surface area contributed by atoms with Crippen LogP contribution < -0.4 is 5.32 Å². The van der Waals surface area contributed by atoms with E-state index >= 15 is 0 Å². The van der Waals surface area contributed by atoms with E-state index in [1.54, 1.807) is 0 Å². The first kappa shape index (κ1) is 13.4. The van der Waals surface area contributed by atoms with E-state index in [0.29, 0.717) is 6.04 Å². The molecule has 2 aromatic rings. The minimum Gasteiger partial charge on any atom is -0.359 e. The third kappa shape index (κ3) is 2.93. The molecule has 0 radical (unpaired) electrons. The van der Waals surface area contributed by atoms with Gasteiger partial charge in [0.2, 0.25) is 0 Å². The number of imidazole rings is 1. The van der Waals surface area contributed by atoms with E-state index in [1.807, 2.05) is 12.4 Å². The standard InChI is InChI=1S/C15H22N4O/c1-11(2)16-8-12-7-13(20-18-12)9-19-10-17-14-5-3-4-6-15(14)19/h7,10-11,16H,3-6,8-9H2,1-2H3. The van der Waals surface area contributed by atoms with Crippen LogP contribution in [0.3, 0.4) is 0 Å². The summed E-state index contributed by atoms with van der Waals surface area (Å²) in [6.45, 7) is 5.73. The first-order valence-electron chi connectivity index (χ1n) is 7.43. The molecule has 5 heteroatoms. The van der Waals surface area contributed by atoms with Gasteiger partial charge >= 0.3 is 0 Å². The van der Waals surface area contributed by atoms with Gasteiger partial charge in [-0.2, -0.15) is 0 Å². The molecule has 20 heavy (non-hydrogen) atoms. The minimum absolute atomic E-state index is 0.454. The van der Waals surface area contributed by atoms with Crippen molar-refractivity contribution < 1.29 is 4.52 Å². The average Bonchev–Trinajstić information content (AvgIpc) is 3.05. The van der Waals surface area contributed by atoms with Crippen LogP contribution in [0, 0.1) is 0 Å². The Morgan fingerprint density at radius 3 is 3.05 bits per heavy atom. The van der Waals surface area contributed by atoms with E-state index in [0.717, 1.165) is 37.4 Å². The summed E-state index contributed by atoms with van der Waals surface area (Å²) in [5.74, 6) is 0.899. The second kappa shape index (κ2) is 5.79. The highest BCUT2D eigenvalue weighted by atomic mass is 16.5. The van der Waals surface area contributed by atoms with Crippen LogP contribution in [0.4, 0.5) is 0 Å². The topological polar surface area (TPSA) is 55.9 Å². The molecule has 1 aliphatic carbocycles. The fraction of sp³-hybridized carbons (Fsp3) is 0.600. The molecule has 2 aromatic heterocycles. The number of hydrogen-bond donors (Lipinski definition) is 1. The quantitative estimate of drug-likeness (QED) is 0.909. The fourth-order valence-corrected chi connectivity index (χ4v) is 2.66. The molecule has 108 valence electrons. The molecule has 0 unspecified atom stereocenters. The molecular weight excluding hydrogens is 252 g/mol. The zero-order valence-corrected chi connectivity index (χ0v) is 12.2. The summed E-state index contributed by atoms with van der Waals surface area (Å²) in [5.41, 5.74) is 3.59. The monoisotopic (exact) mass is 274 g/mol. The molecule has 0 atom stereocenters. The van der Waals surface area contributed by atoms with Crippen molar-refractivity contribution in [2.45, 2.75) is 58.7 Å². The van der Waals surface area contributed by atoms with Crippen molar-refractivity contribution in [1.82, 2.24) is 20.0 Å². The van der Waals surface area contributed by atoms with Crippen molar-refractivity contribution in [3.63, 3.8) is 0 Å². The first-order chi connectivity index (χ1) is 9.72. The maximum Gasteiger partial charge on any atom is 0.156 e. The van der Waals surface area contributed by atoms with Crippen molar-refractivity contribution in [2.24, 2.45) is 0 Å². The first-order valence-corrected chi connectivity index (χ1v) is 7.43. The molecule has 0 saturated carbocycles. The van der Waals surface area contributed by atoms with Gasteiger partial charge in [0.1, 0.15) is 0 Å². The second-order valence-corrected chi connectivity index (χ2v) is 5.79. The van der Waals surface area contributed by atoms with Crippen LogP contribution in [0.1, 0.15) is 49.5 Å². The molecule has 2 heterocycles. The summed E-state index contributed by atoms with van der Waals surface area (Å²) in [6.07, 6.45) is 6.70.